The molecule has 5 nitrogen and oxygen atoms in total. The van der Waals surface area contributed by atoms with Crippen molar-refractivity contribution in [3.8, 4) is 11.5 Å². The minimum atomic E-state index is -0.189. The number of benzene rings is 2. The van der Waals surface area contributed by atoms with E-state index in [1.54, 1.807) is 31.4 Å². The van der Waals surface area contributed by atoms with Crippen LogP contribution in [0.25, 0.3) is 0 Å². The maximum Gasteiger partial charge on any atom is 0.255 e. The van der Waals surface area contributed by atoms with Gasteiger partial charge in [-0.25, -0.2) is 0 Å². The van der Waals surface area contributed by atoms with Gasteiger partial charge in [0.2, 0.25) is 0 Å². The van der Waals surface area contributed by atoms with Crippen LogP contribution < -0.4 is 19.7 Å². The Morgan fingerprint density at radius 2 is 2.04 bits per heavy atom. The summed E-state index contributed by atoms with van der Waals surface area (Å²) in [6.07, 6.45) is 2.89. The number of hydrogen-bond acceptors (Lipinski definition) is 4. The third kappa shape index (κ3) is 4.61. The number of carbonyl (C=O) groups is 1. The highest BCUT2D eigenvalue weighted by Crippen LogP contribution is 2.29. The molecule has 0 aliphatic carbocycles. The number of carbonyl (C=O) groups excluding carboxylic acids is 1. The third-order valence-corrected chi connectivity index (χ3v) is 4.70. The summed E-state index contributed by atoms with van der Waals surface area (Å²) in [5.41, 5.74) is 2.47. The maximum absolute atomic E-state index is 12.6. The van der Waals surface area contributed by atoms with Crippen molar-refractivity contribution in [3.63, 3.8) is 0 Å². The summed E-state index contributed by atoms with van der Waals surface area (Å²) < 4.78 is 10.8. The van der Waals surface area contributed by atoms with Crippen molar-refractivity contribution < 1.29 is 14.3 Å². The van der Waals surface area contributed by atoms with Crippen molar-refractivity contribution in [2.75, 3.05) is 37.0 Å². The number of nitrogens with one attached hydrogen (secondary N) is 1. The summed E-state index contributed by atoms with van der Waals surface area (Å²) in [6.45, 7) is 8.46. The molecule has 1 N–H and O–H groups in total. The molecule has 2 aromatic rings. The highest BCUT2D eigenvalue weighted by Gasteiger charge is 2.18. The van der Waals surface area contributed by atoms with Gasteiger partial charge in [0.1, 0.15) is 6.61 Å². The standard InChI is InChI=1S/C22H26N2O3/c1-4-13-27-20-10-5-17(14-21(20)26-3)22(25)23-18-6-8-19(9-7-18)24-12-11-16(2)15-24/h4-10,14,16H,1,11-13,15H2,2-3H3,(H,23,25). The van der Waals surface area contributed by atoms with E-state index in [4.69, 9.17) is 9.47 Å². The van der Waals surface area contributed by atoms with Gasteiger partial charge >= 0.3 is 0 Å². The van der Waals surface area contributed by atoms with Crippen molar-refractivity contribution in [1.82, 2.24) is 0 Å². The molecule has 1 aliphatic heterocycles. The van der Waals surface area contributed by atoms with Crippen molar-refractivity contribution >= 4 is 17.3 Å². The number of amides is 1. The van der Waals surface area contributed by atoms with Crippen LogP contribution in [-0.2, 0) is 0 Å². The summed E-state index contributed by atoms with van der Waals surface area (Å²) >= 11 is 0. The van der Waals surface area contributed by atoms with E-state index < -0.39 is 0 Å². The first kappa shape index (κ1) is 18.8. The molecule has 2 aromatic carbocycles. The smallest absolute Gasteiger partial charge is 0.255 e. The number of methoxy groups -OCH3 is 1. The predicted molar refractivity (Wildman–Crippen MR) is 109 cm³/mol. The van der Waals surface area contributed by atoms with E-state index in [0.29, 0.717) is 23.7 Å². The first-order valence-electron chi connectivity index (χ1n) is 9.19. The molecule has 5 heteroatoms. The second-order valence-corrected chi connectivity index (χ2v) is 6.81. The topological polar surface area (TPSA) is 50.8 Å². The number of anilines is 2. The highest BCUT2D eigenvalue weighted by molar-refractivity contribution is 6.04. The molecule has 0 spiro atoms. The summed E-state index contributed by atoms with van der Waals surface area (Å²) in [7, 11) is 1.55. The van der Waals surface area contributed by atoms with Crippen LogP contribution in [0.15, 0.2) is 55.1 Å². The summed E-state index contributed by atoms with van der Waals surface area (Å²) in [4.78, 5) is 14.9. The average Bonchev–Trinajstić information content (AvgIpc) is 3.13. The molecular formula is C22H26N2O3. The van der Waals surface area contributed by atoms with E-state index >= 15 is 0 Å². The quantitative estimate of drug-likeness (QED) is 0.740. The van der Waals surface area contributed by atoms with Gasteiger partial charge in [0, 0.05) is 30.0 Å². The van der Waals surface area contributed by atoms with E-state index in [1.807, 2.05) is 12.1 Å². The van der Waals surface area contributed by atoms with Crippen molar-refractivity contribution in [2.24, 2.45) is 5.92 Å². The van der Waals surface area contributed by atoms with Gasteiger partial charge in [0.15, 0.2) is 11.5 Å². The molecule has 1 saturated heterocycles. The van der Waals surface area contributed by atoms with Gasteiger partial charge < -0.3 is 19.7 Å². The Bertz CT molecular complexity index is 802. The first-order chi connectivity index (χ1) is 13.1. The van der Waals surface area contributed by atoms with Crippen LogP contribution in [0.4, 0.5) is 11.4 Å². The SMILES string of the molecule is C=CCOc1ccc(C(=O)Nc2ccc(N3CCC(C)C3)cc2)cc1OC. The lowest BCUT2D eigenvalue weighted by Gasteiger charge is -2.18. The van der Waals surface area contributed by atoms with Crippen LogP contribution in [0.1, 0.15) is 23.7 Å². The minimum absolute atomic E-state index is 0.189. The fraction of sp³-hybridized carbons (Fsp3) is 0.318. The fourth-order valence-corrected chi connectivity index (χ4v) is 3.21. The van der Waals surface area contributed by atoms with Crippen LogP contribution in [0.2, 0.25) is 0 Å². The van der Waals surface area contributed by atoms with Gasteiger partial charge in [-0.15, -0.1) is 0 Å². The fourth-order valence-electron chi connectivity index (χ4n) is 3.21. The Balaban J connectivity index is 1.67. The number of ether oxygens (including phenoxy) is 2. The van der Waals surface area contributed by atoms with Crippen LogP contribution in [-0.4, -0.2) is 32.7 Å². The van der Waals surface area contributed by atoms with E-state index in [9.17, 15) is 4.79 Å². The molecule has 1 fully saturated rings. The first-order valence-corrected chi connectivity index (χ1v) is 9.19. The number of rotatable bonds is 7. The lowest BCUT2D eigenvalue weighted by atomic mass is 10.1. The van der Waals surface area contributed by atoms with E-state index in [-0.39, 0.29) is 5.91 Å². The normalized spacial score (nSPS) is 16.1. The molecule has 1 unspecified atom stereocenters. The zero-order valence-corrected chi connectivity index (χ0v) is 15.9. The number of nitrogens with zero attached hydrogens (tertiary/aromatic N) is 1. The Labute approximate surface area is 160 Å². The molecular weight excluding hydrogens is 340 g/mol. The average molecular weight is 366 g/mol. The summed E-state index contributed by atoms with van der Waals surface area (Å²) in [6, 6.07) is 13.1. The van der Waals surface area contributed by atoms with Gasteiger partial charge in [-0.05, 0) is 54.8 Å². The monoisotopic (exact) mass is 366 g/mol. The van der Waals surface area contributed by atoms with Gasteiger partial charge in [0.25, 0.3) is 5.91 Å². The number of hydrogen-bond donors (Lipinski definition) is 1. The van der Waals surface area contributed by atoms with E-state index in [2.05, 4.69) is 35.9 Å². The molecule has 1 amide bonds. The lowest BCUT2D eigenvalue weighted by molar-refractivity contribution is 0.102. The Morgan fingerprint density at radius 3 is 2.67 bits per heavy atom. The molecule has 27 heavy (non-hydrogen) atoms. The molecule has 1 aliphatic rings. The van der Waals surface area contributed by atoms with Crippen LogP contribution in [0, 0.1) is 5.92 Å². The third-order valence-electron chi connectivity index (χ3n) is 4.70. The van der Waals surface area contributed by atoms with E-state index in [1.165, 1.54) is 12.1 Å². The van der Waals surface area contributed by atoms with Crippen molar-refractivity contribution in [1.29, 1.82) is 0 Å². The molecule has 0 aromatic heterocycles. The molecule has 142 valence electrons. The zero-order chi connectivity index (χ0) is 19.2. The largest absolute Gasteiger partial charge is 0.493 e. The van der Waals surface area contributed by atoms with Crippen LogP contribution in [0.3, 0.4) is 0 Å². The Morgan fingerprint density at radius 1 is 1.26 bits per heavy atom. The second kappa shape index (κ2) is 8.62. The minimum Gasteiger partial charge on any atom is -0.493 e. The summed E-state index contributed by atoms with van der Waals surface area (Å²) in [5, 5.41) is 2.93. The maximum atomic E-state index is 12.6. The van der Waals surface area contributed by atoms with Gasteiger partial charge in [-0.3, -0.25) is 4.79 Å². The molecule has 3 rings (SSSR count). The Hall–Kier alpha value is -2.95. The van der Waals surface area contributed by atoms with Gasteiger partial charge in [-0.2, -0.15) is 0 Å². The van der Waals surface area contributed by atoms with Crippen molar-refractivity contribution in [2.45, 2.75) is 13.3 Å². The van der Waals surface area contributed by atoms with Crippen molar-refractivity contribution in [3.05, 3.63) is 60.7 Å². The molecule has 0 radical (unpaired) electrons. The molecule has 0 saturated carbocycles. The van der Waals surface area contributed by atoms with Gasteiger partial charge in [0.05, 0.1) is 7.11 Å². The van der Waals surface area contributed by atoms with E-state index in [0.717, 1.165) is 24.7 Å². The molecule has 0 bridgehead atoms. The lowest BCUT2D eigenvalue weighted by Crippen LogP contribution is -2.19. The zero-order valence-electron chi connectivity index (χ0n) is 15.9. The second-order valence-electron chi connectivity index (χ2n) is 6.81. The highest BCUT2D eigenvalue weighted by atomic mass is 16.5. The van der Waals surface area contributed by atoms with Crippen LogP contribution in [0.5, 0.6) is 11.5 Å². The molecule has 1 heterocycles. The Kier molecular flexibility index (Phi) is 6.01. The van der Waals surface area contributed by atoms with Gasteiger partial charge in [-0.1, -0.05) is 19.6 Å². The molecule has 1 atom stereocenters. The predicted octanol–water partition coefficient (Wildman–Crippen LogP) is 4.36. The summed E-state index contributed by atoms with van der Waals surface area (Å²) in [5.74, 6) is 1.64. The van der Waals surface area contributed by atoms with Crippen LogP contribution >= 0.6 is 0 Å².